The molecule has 154 valence electrons. The van der Waals surface area contributed by atoms with Crippen molar-refractivity contribution in [3.05, 3.63) is 120 Å². The monoisotopic (exact) mass is 408 g/mol. The summed E-state index contributed by atoms with van der Waals surface area (Å²) in [6, 6.07) is 28.0. The average Bonchev–Trinajstić information content (AvgIpc) is 3.28. The summed E-state index contributed by atoms with van der Waals surface area (Å²) in [4.78, 5) is 15.5. The van der Waals surface area contributed by atoms with Crippen LogP contribution >= 0.6 is 0 Å². The number of carbonyl (C=O) groups is 1. The molecule has 5 rings (SSSR count). The van der Waals surface area contributed by atoms with Gasteiger partial charge in [0, 0.05) is 17.4 Å². The van der Waals surface area contributed by atoms with Gasteiger partial charge in [-0.2, -0.15) is 5.10 Å². The number of para-hydroxylation sites is 1. The van der Waals surface area contributed by atoms with Gasteiger partial charge >= 0.3 is 0 Å². The zero-order chi connectivity index (χ0) is 21.2. The van der Waals surface area contributed by atoms with Crippen LogP contribution in [0.15, 0.2) is 97.3 Å². The van der Waals surface area contributed by atoms with E-state index in [0.29, 0.717) is 12.1 Å². The van der Waals surface area contributed by atoms with E-state index in [9.17, 15) is 4.79 Å². The Morgan fingerprint density at radius 2 is 1.61 bits per heavy atom. The third kappa shape index (κ3) is 3.70. The number of anilines is 1. The van der Waals surface area contributed by atoms with Crippen LogP contribution in [0.1, 0.15) is 46.2 Å². The number of nitrogens with one attached hydrogen (secondary N) is 1. The molecule has 5 heteroatoms. The Morgan fingerprint density at radius 3 is 2.39 bits per heavy atom. The van der Waals surface area contributed by atoms with Gasteiger partial charge in [-0.05, 0) is 30.2 Å². The average molecular weight is 409 g/mol. The van der Waals surface area contributed by atoms with Crippen molar-refractivity contribution in [1.29, 1.82) is 0 Å². The lowest BCUT2D eigenvalue weighted by Gasteiger charge is -2.41. The lowest BCUT2D eigenvalue weighted by atomic mass is 10.00. The maximum Gasteiger partial charge on any atom is 0.258 e. The molecule has 0 bridgehead atoms. The third-order valence-electron chi connectivity index (χ3n) is 5.82. The largest absolute Gasteiger partial charge is 0.361 e. The second-order valence-electron chi connectivity index (χ2n) is 7.85. The van der Waals surface area contributed by atoms with E-state index in [1.807, 2.05) is 82.6 Å². The molecule has 0 saturated heterocycles. The summed E-state index contributed by atoms with van der Waals surface area (Å²) in [6.45, 7) is 2.76. The first kappa shape index (κ1) is 19.1. The maximum absolute atomic E-state index is 13.6. The van der Waals surface area contributed by atoms with Gasteiger partial charge in [0.2, 0.25) is 0 Å². The fourth-order valence-corrected chi connectivity index (χ4v) is 4.18. The number of hydrogen-bond acceptors (Lipinski definition) is 3. The van der Waals surface area contributed by atoms with E-state index in [-0.39, 0.29) is 18.1 Å². The zero-order valence-corrected chi connectivity index (χ0v) is 17.3. The van der Waals surface area contributed by atoms with E-state index >= 15 is 0 Å². The molecule has 0 radical (unpaired) electrons. The van der Waals surface area contributed by atoms with E-state index in [0.717, 1.165) is 16.8 Å². The molecule has 5 nitrogen and oxygen atoms in total. The number of amides is 1. The highest BCUT2D eigenvalue weighted by Crippen LogP contribution is 2.38. The summed E-state index contributed by atoms with van der Waals surface area (Å²) in [6.07, 6.45) is 3.57. The highest BCUT2D eigenvalue weighted by molar-refractivity contribution is 6.02. The Bertz CT molecular complexity index is 1190. The smallest absolute Gasteiger partial charge is 0.258 e. The minimum Gasteiger partial charge on any atom is -0.361 e. The number of aromatic nitrogens is 2. The predicted molar refractivity (Wildman–Crippen MR) is 122 cm³/mol. The molecular formula is C26H24N4O. The summed E-state index contributed by atoms with van der Waals surface area (Å²) in [5, 5.41) is 8.15. The number of fused-ring (bicyclic) bond motifs is 1. The van der Waals surface area contributed by atoms with Crippen LogP contribution < -0.4 is 5.32 Å². The number of rotatable bonds is 5. The highest BCUT2D eigenvalue weighted by Gasteiger charge is 2.36. The molecule has 1 aliphatic rings. The van der Waals surface area contributed by atoms with E-state index < -0.39 is 0 Å². The summed E-state index contributed by atoms with van der Waals surface area (Å²) >= 11 is 0. The Morgan fingerprint density at radius 1 is 0.935 bits per heavy atom. The van der Waals surface area contributed by atoms with Gasteiger partial charge in [0.15, 0.2) is 0 Å². The van der Waals surface area contributed by atoms with Gasteiger partial charge in [-0.3, -0.25) is 9.48 Å². The van der Waals surface area contributed by atoms with Crippen LogP contribution in [0.3, 0.4) is 0 Å². The Labute approximate surface area is 182 Å². The van der Waals surface area contributed by atoms with Gasteiger partial charge in [0.05, 0.1) is 24.3 Å². The van der Waals surface area contributed by atoms with Gasteiger partial charge in [-0.15, -0.1) is 0 Å². The molecular weight excluding hydrogens is 384 g/mol. The van der Waals surface area contributed by atoms with Crippen molar-refractivity contribution in [2.45, 2.75) is 25.7 Å². The SMILES string of the molecule is C[C@@H](c1ccccc1)N1C(=O)c2ccccc2N[C@H]1c1cnn(Cc2ccccc2)c1. The number of benzene rings is 3. The highest BCUT2D eigenvalue weighted by atomic mass is 16.2. The molecule has 3 aromatic carbocycles. The lowest BCUT2D eigenvalue weighted by molar-refractivity contribution is 0.0596. The molecule has 31 heavy (non-hydrogen) atoms. The van der Waals surface area contributed by atoms with Crippen LogP contribution in [0.2, 0.25) is 0 Å². The summed E-state index contributed by atoms with van der Waals surface area (Å²) in [5.74, 6) is 0.0199. The Hall–Kier alpha value is -3.86. The minimum absolute atomic E-state index is 0.0199. The summed E-state index contributed by atoms with van der Waals surface area (Å²) < 4.78 is 1.92. The predicted octanol–water partition coefficient (Wildman–Crippen LogP) is 5.26. The molecule has 0 unspecified atom stereocenters. The second-order valence-corrected chi connectivity index (χ2v) is 7.85. The van der Waals surface area contributed by atoms with Crippen molar-refractivity contribution >= 4 is 11.6 Å². The first-order chi connectivity index (χ1) is 15.2. The Balaban J connectivity index is 1.51. The molecule has 1 aromatic heterocycles. The van der Waals surface area contributed by atoms with Gasteiger partial charge in [-0.1, -0.05) is 72.8 Å². The maximum atomic E-state index is 13.6. The van der Waals surface area contributed by atoms with E-state index in [2.05, 4.69) is 41.6 Å². The van der Waals surface area contributed by atoms with E-state index in [4.69, 9.17) is 0 Å². The van der Waals surface area contributed by atoms with Crippen molar-refractivity contribution in [2.24, 2.45) is 0 Å². The topological polar surface area (TPSA) is 50.2 Å². The van der Waals surface area contributed by atoms with Crippen LogP contribution in [0, 0.1) is 0 Å². The molecule has 1 aliphatic heterocycles. The van der Waals surface area contributed by atoms with Crippen LogP contribution in [0.5, 0.6) is 0 Å². The summed E-state index contributed by atoms with van der Waals surface area (Å²) in [5.41, 5.74) is 4.79. The van der Waals surface area contributed by atoms with Gasteiger partial charge in [0.1, 0.15) is 6.17 Å². The number of hydrogen-bond donors (Lipinski definition) is 1. The number of nitrogens with zero attached hydrogens (tertiary/aromatic N) is 3. The fourth-order valence-electron chi connectivity index (χ4n) is 4.18. The first-order valence-corrected chi connectivity index (χ1v) is 10.5. The molecule has 4 aromatic rings. The van der Waals surface area contributed by atoms with Crippen molar-refractivity contribution < 1.29 is 4.79 Å². The molecule has 1 N–H and O–H groups in total. The second kappa shape index (κ2) is 8.11. The summed E-state index contributed by atoms with van der Waals surface area (Å²) in [7, 11) is 0. The third-order valence-corrected chi connectivity index (χ3v) is 5.82. The minimum atomic E-state index is -0.304. The molecule has 2 atom stereocenters. The molecule has 0 spiro atoms. The van der Waals surface area contributed by atoms with E-state index in [1.165, 1.54) is 5.56 Å². The van der Waals surface area contributed by atoms with Crippen LogP contribution in [-0.2, 0) is 6.54 Å². The standard InChI is InChI=1S/C26H24N4O/c1-19(21-12-6-3-7-13-21)30-25(28-24-15-9-8-14-23(24)26(30)31)22-16-27-29(18-22)17-20-10-4-2-5-11-20/h2-16,18-19,25,28H,17H2,1H3/t19-,25+/m0/s1. The van der Waals surface area contributed by atoms with Crippen LogP contribution in [0.4, 0.5) is 5.69 Å². The number of carbonyl (C=O) groups excluding carboxylic acids is 1. The van der Waals surface area contributed by atoms with Gasteiger partial charge < -0.3 is 10.2 Å². The zero-order valence-electron chi connectivity index (χ0n) is 17.3. The van der Waals surface area contributed by atoms with Crippen molar-refractivity contribution in [1.82, 2.24) is 14.7 Å². The molecule has 1 amide bonds. The lowest BCUT2D eigenvalue weighted by Crippen LogP contribution is -2.44. The van der Waals surface area contributed by atoms with Crippen molar-refractivity contribution in [2.75, 3.05) is 5.32 Å². The van der Waals surface area contributed by atoms with E-state index in [1.54, 1.807) is 0 Å². The van der Waals surface area contributed by atoms with Crippen LogP contribution in [-0.4, -0.2) is 20.6 Å². The fraction of sp³-hybridized carbons (Fsp3) is 0.154. The van der Waals surface area contributed by atoms with Crippen LogP contribution in [0.25, 0.3) is 0 Å². The molecule has 0 saturated carbocycles. The van der Waals surface area contributed by atoms with Crippen molar-refractivity contribution in [3.63, 3.8) is 0 Å². The Kier molecular flexibility index (Phi) is 5.00. The normalized spacial score (nSPS) is 16.5. The van der Waals surface area contributed by atoms with Gasteiger partial charge in [-0.25, -0.2) is 0 Å². The molecule has 0 fully saturated rings. The van der Waals surface area contributed by atoms with Gasteiger partial charge in [0.25, 0.3) is 5.91 Å². The first-order valence-electron chi connectivity index (χ1n) is 10.5. The molecule has 0 aliphatic carbocycles. The quantitative estimate of drug-likeness (QED) is 0.490. The van der Waals surface area contributed by atoms with Crippen molar-refractivity contribution in [3.8, 4) is 0 Å². The molecule has 2 heterocycles.